The zero-order valence-corrected chi connectivity index (χ0v) is 12.2. The Bertz CT molecular complexity index is 352. The highest BCUT2D eigenvalue weighted by Gasteiger charge is 2.28. The molecule has 0 aromatic heterocycles. The average molecular weight is 278 g/mol. The molecule has 1 fully saturated rings. The minimum Gasteiger partial charge on any atom is -0.394 e. The van der Waals surface area contributed by atoms with Crippen molar-refractivity contribution < 1.29 is 13.5 Å². The molecule has 0 spiro atoms. The van der Waals surface area contributed by atoms with Crippen LogP contribution in [0.1, 0.15) is 33.1 Å². The molecule has 0 aliphatic carbocycles. The van der Waals surface area contributed by atoms with Gasteiger partial charge in [0.2, 0.25) is 0 Å². The fourth-order valence-electron chi connectivity index (χ4n) is 2.37. The maximum absolute atomic E-state index is 11.5. The Morgan fingerprint density at radius 1 is 1.50 bits per heavy atom. The van der Waals surface area contributed by atoms with Gasteiger partial charge in [0.1, 0.15) is 0 Å². The molecular weight excluding hydrogens is 252 g/mol. The Hall–Kier alpha value is -0.170. The van der Waals surface area contributed by atoms with E-state index in [9.17, 15) is 13.5 Å². The topological polar surface area (TPSA) is 83.6 Å². The van der Waals surface area contributed by atoms with Gasteiger partial charge in [-0.1, -0.05) is 6.92 Å². The summed E-state index contributed by atoms with van der Waals surface area (Å²) in [6, 6.07) is 0.0895. The Balaban J connectivity index is 2.37. The fourth-order valence-corrected chi connectivity index (χ4v) is 3.99. The van der Waals surface area contributed by atoms with Crippen molar-refractivity contribution in [3.05, 3.63) is 0 Å². The molecule has 1 aliphatic rings. The van der Waals surface area contributed by atoms with Crippen LogP contribution in [0.25, 0.3) is 0 Å². The van der Waals surface area contributed by atoms with E-state index in [0.29, 0.717) is 6.54 Å². The molecule has 6 heteroatoms. The smallest absolute Gasteiger partial charge is 0.153 e. The number of aliphatic hydroxyl groups excluding tert-OH is 1. The Kier molecular flexibility index (Phi) is 5.58. The van der Waals surface area contributed by atoms with Crippen molar-refractivity contribution in [1.29, 1.82) is 0 Å². The summed E-state index contributed by atoms with van der Waals surface area (Å²) >= 11 is 0. The molecule has 0 aromatic carbocycles. The standard InChI is InChI=1S/C12H26N2O3S/c1-3-12(13,10-15)5-4-6-14-7-8-18(16,17)9-11(14)2/h11,15H,3-10,13H2,1-2H3. The van der Waals surface area contributed by atoms with E-state index in [1.807, 2.05) is 13.8 Å². The summed E-state index contributed by atoms with van der Waals surface area (Å²) in [7, 11) is -2.83. The Morgan fingerprint density at radius 3 is 2.67 bits per heavy atom. The number of aliphatic hydroxyl groups is 1. The molecule has 2 unspecified atom stereocenters. The number of nitrogens with zero attached hydrogens (tertiary/aromatic N) is 1. The first-order valence-corrected chi connectivity index (χ1v) is 8.48. The summed E-state index contributed by atoms with van der Waals surface area (Å²) in [5.41, 5.74) is 5.54. The predicted molar refractivity (Wildman–Crippen MR) is 73.2 cm³/mol. The average Bonchev–Trinajstić information content (AvgIpc) is 2.31. The van der Waals surface area contributed by atoms with Crippen molar-refractivity contribution >= 4 is 9.84 Å². The molecule has 0 bridgehead atoms. The van der Waals surface area contributed by atoms with Gasteiger partial charge in [0, 0.05) is 18.1 Å². The highest BCUT2D eigenvalue weighted by molar-refractivity contribution is 7.91. The molecule has 5 nitrogen and oxygen atoms in total. The van der Waals surface area contributed by atoms with Crippen molar-refractivity contribution in [3.8, 4) is 0 Å². The van der Waals surface area contributed by atoms with E-state index >= 15 is 0 Å². The van der Waals surface area contributed by atoms with Gasteiger partial charge in [0.15, 0.2) is 9.84 Å². The third-order valence-electron chi connectivity index (χ3n) is 3.95. The highest BCUT2D eigenvalue weighted by atomic mass is 32.2. The van der Waals surface area contributed by atoms with Gasteiger partial charge in [0.25, 0.3) is 0 Å². The second kappa shape index (κ2) is 6.32. The van der Waals surface area contributed by atoms with E-state index in [0.717, 1.165) is 25.8 Å². The lowest BCUT2D eigenvalue weighted by molar-refractivity contribution is 0.165. The zero-order valence-electron chi connectivity index (χ0n) is 11.4. The van der Waals surface area contributed by atoms with Crippen LogP contribution in [-0.4, -0.2) is 61.2 Å². The van der Waals surface area contributed by atoms with Gasteiger partial charge in [-0.15, -0.1) is 0 Å². The first-order valence-electron chi connectivity index (χ1n) is 6.66. The van der Waals surface area contributed by atoms with E-state index in [2.05, 4.69) is 4.90 Å². The largest absolute Gasteiger partial charge is 0.394 e. The number of rotatable bonds is 6. The van der Waals surface area contributed by atoms with Gasteiger partial charge in [-0.05, 0) is 32.7 Å². The number of hydrogen-bond donors (Lipinski definition) is 2. The van der Waals surface area contributed by atoms with E-state index in [4.69, 9.17) is 5.73 Å². The third-order valence-corrected chi connectivity index (χ3v) is 5.74. The lowest BCUT2D eigenvalue weighted by Gasteiger charge is -2.34. The van der Waals surface area contributed by atoms with Gasteiger partial charge >= 0.3 is 0 Å². The van der Waals surface area contributed by atoms with Gasteiger partial charge in [-0.25, -0.2) is 8.42 Å². The number of sulfone groups is 1. The lowest BCUT2D eigenvalue weighted by atomic mass is 9.92. The fraction of sp³-hybridized carbons (Fsp3) is 1.00. The molecule has 1 heterocycles. The SMILES string of the molecule is CCC(N)(CO)CCCN1CCS(=O)(=O)CC1C. The van der Waals surface area contributed by atoms with E-state index in [1.165, 1.54) is 0 Å². The predicted octanol–water partition coefficient (Wildman–Crippen LogP) is -0.0147. The summed E-state index contributed by atoms with van der Waals surface area (Å²) in [6.45, 7) is 5.42. The molecule has 1 rings (SSSR count). The Morgan fingerprint density at radius 2 is 2.17 bits per heavy atom. The van der Waals surface area contributed by atoms with Crippen molar-refractivity contribution in [2.75, 3.05) is 31.2 Å². The molecule has 2 atom stereocenters. The first kappa shape index (κ1) is 15.9. The van der Waals surface area contributed by atoms with Crippen LogP contribution in [0.5, 0.6) is 0 Å². The number of hydrogen-bond acceptors (Lipinski definition) is 5. The summed E-state index contributed by atoms with van der Waals surface area (Å²) in [6.07, 6.45) is 2.43. The second-order valence-electron chi connectivity index (χ2n) is 5.48. The normalized spacial score (nSPS) is 27.9. The second-order valence-corrected chi connectivity index (χ2v) is 7.71. The van der Waals surface area contributed by atoms with Crippen LogP contribution in [0.3, 0.4) is 0 Å². The molecule has 1 aliphatic heterocycles. The summed E-state index contributed by atoms with van der Waals surface area (Å²) in [4.78, 5) is 2.20. The molecule has 0 amide bonds. The quantitative estimate of drug-likeness (QED) is 0.714. The zero-order chi connectivity index (χ0) is 13.8. The minimum absolute atomic E-state index is 0.00737. The minimum atomic E-state index is -2.83. The molecule has 1 saturated heterocycles. The number of nitrogens with two attached hydrogens (primary N) is 1. The van der Waals surface area contributed by atoms with Crippen LogP contribution in [0.15, 0.2) is 0 Å². The molecule has 0 saturated carbocycles. The van der Waals surface area contributed by atoms with E-state index in [1.54, 1.807) is 0 Å². The molecule has 0 aromatic rings. The van der Waals surface area contributed by atoms with Crippen LogP contribution >= 0.6 is 0 Å². The Labute approximate surface area is 110 Å². The van der Waals surface area contributed by atoms with Crippen LogP contribution in [0, 0.1) is 0 Å². The van der Waals surface area contributed by atoms with Gasteiger partial charge in [-0.2, -0.15) is 0 Å². The molecule has 18 heavy (non-hydrogen) atoms. The van der Waals surface area contributed by atoms with E-state index in [-0.39, 0.29) is 24.2 Å². The monoisotopic (exact) mass is 278 g/mol. The lowest BCUT2D eigenvalue weighted by Crippen LogP contribution is -2.48. The van der Waals surface area contributed by atoms with Crippen molar-refractivity contribution in [1.82, 2.24) is 4.90 Å². The molecule has 3 N–H and O–H groups in total. The molecular formula is C12H26N2O3S. The maximum atomic E-state index is 11.5. The van der Waals surface area contributed by atoms with Crippen molar-refractivity contribution in [2.45, 2.75) is 44.7 Å². The molecule has 0 radical (unpaired) electrons. The highest BCUT2D eigenvalue weighted by Crippen LogP contribution is 2.16. The van der Waals surface area contributed by atoms with E-state index < -0.39 is 15.4 Å². The first-order chi connectivity index (χ1) is 8.32. The van der Waals surface area contributed by atoms with Gasteiger partial charge in [-0.3, -0.25) is 4.90 Å². The van der Waals surface area contributed by atoms with Crippen LogP contribution < -0.4 is 5.73 Å². The maximum Gasteiger partial charge on any atom is 0.153 e. The summed E-state index contributed by atoms with van der Waals surface area (Å²) in [5, 5.41) is 9.22. The van der Waals surface area contributed by atoms with Crippen molar-refractivity contribution in [2.24, 2.45) is 5.73 Å². The third kappa shape index (κ3) is 4.50. The summed E-state index contributed by atoms with van der Waals surface area (Å²) in [5.74, 6) is 0.521. The molecule has 108 valence electrons. The van der Waals surface area contributed by atoms with Crippen LogP contribution in [-0.2, 0) is 9.84 Å². The summed E-state index contributed by atoms with van der Waals surface area (Å²) < 4.78 is 22.9. The van der Waals surface area contributed by atoms with Gasteiger partial charge in [0.05, 0.1) is 18.1 Å². The van der Waals surface area contributed by atoms with Crippen LogP contribution in [0.2, 0.25) is 0 Å². The van der Waals surface area contributed by atoms with Crippen molar-refractivity contribution in [3.63, 3.8) is 0 Å². The van der Waals surface area contributed by atoms with Crippen LogP contribution in [0.4, 0.5) is 0 Å². The van der Waals surface area contributed by atoms with Gasteiger partial charge < -0.3 is 10.8 Å².